The SMILES string of the molecule is CSc1nccc(/C(N)=C(\c2ccc(F)cc2)N(N)c2ccccc2)n1. The van der Waals surface area contributed by atoms with Gasteiger partial charge in [0.2, 0.25) is 0 Å². The Morgan fingerprint density at radius 2 is 1.73 bits per heavy atom. The van der Waals surface area contributed by atoms with Crippen molar-refractivity contribution >= 4 is 28.8 Å². The van der Waals surface area contributed by atoms with Gasteiger partial charge in [0.05, 0.1) is 22.8 Å². The molecule has 0 saturated carbocycles. The molecule has 2 aromatic carbocycles. The molecule has 1 heterocycles. The van der Waals surface area contributed by atoms with E-state index in [2.05, 4.69) is 9.97 Å². The average molecular weight is 367 g/mol. The van der Waals surface area contributed by atoms with Gasteiger partial charge in [-0.2, -0.15) is 0 Å². The lowest BCUT2D eigenvalue weighted by molar-refractivity contribution is 0.627. The molecule has 0 unspecified atom stereocenters. The number of para-hydroxylation sites is 1. The fourth-order valence-corrected chi connectivity index (χ4v) is 2.82. The molecule has 0 spiro atoms. The topological polar surface area (TPSA) is 81.1 Å². The summed E-state index contributed by atoms with van der Waals surface area (Å²) in [6, 6.07) is 17.1. The molecule has 132 valence electrons. The number of hydrogen-bond donors (Lipinski definition) is 2. The monoisotopic (exact) mass is 367 g/mol. The number of halogens is 1. The summed E-state index contributed by atoms with van der Waals surface area (Å²) < 4.78 is 13.4. The number of benzene rings is 2. The summed E-state index contributed by atoms with van der Waals surface area (Å²) in [7, 11) is 0. The Morgan fingerprint density at radius 1 is 1.04 bits per heavy atom. The highest BCUT2D eigenvalue weighted by atomic mass is 32.2. The van der Waals surface area contributed by atoms with Crippen LogP contribution < -0.4 is 16.6 Å². The number of anilines is 1. The van der Waals surface area contributed by atoms with Gasteiger partial charge in [0.25, 0.3) is 0 Å². The van der Waals surface area contributed by atoms with E-state index < -0.39 is 0 Å². The van der Waals surface area contributed by atoms with Crippen LogP contribution in [0.4, 0.5) is 10.1 Å². The van der Waals surface area contributed by atoms with Gasteiger partial charge in [-0.15, -0.1) is 0 Å². The van der Waals surface area contributed by atoms with E-state index in [1.54, 1.807) is 24.4 Å². The highest BCUT2D eigenvalue weighted by molar-refractivity contribution is 7.98. The maximum atomic E-state index is 13.4. The van der Waals surface area contributed by atoms with Crippen molar-refractivity contribution in [3.8, 4) is 0 Å². The normalized spacial score (nSPS) is 11.8. The van der Waals surface area contributed by atoms with Gasteiger partial charge < -0.3 is 5.73 Å². The molecule has 5 nitrogen and oxygen atoms in total. The van der Waals surface area contributed by atoms with Gasteiger partial charge in [-0.3, -0.25) is 5.01 Å². The highest BCUT2D eigenvalue weighted by Crippen LogP contribution is 2.28. The van der Waals surface area contributed by atoms with Gasteiger partial charge in [0, 0.05) is 11.8 Å². The molecule has 0 atom stereocenters. The lowest BCUT2D eigenvalue weighted by Gasteiger charge is -2.24. The third kappa shape index (κ3) is 3.84. The van der Waals surface area contributed by atoms with Gasteiger partial charge in [-0.25, -0.2) is 20.2 Å². The number of aromatic nitrogens is 2. The predicted molar refractivity (Wildman–Crippen MR) is 104 cm³/mol. The van der Waals surface area contributed by atoms with Crippen LogP contribution in [0.25, 0.3) is 11.4 Å². The minimum atomic E-state index is -0.332. The number of hydrazine groups is 1. The first-order chi connectivity index (χ1) is 12.6. The van der Waals surface area contributed by atoms with Crippen molar-refractivity contribution in [1.82, 2.24) is 9.97 Å². The second kappa shape index (κ2) is 7.99. The molecule has 26 heavy (non-hydrogen) atoms. The molecule has 3 aromatic rings. The van der Waals surface area contributed by atoms with E-state index in [-0.39, 0.29) is 5.82 Å². The maximum absolute atomic E-state index is 13.4. The van der Waals surface area contributed by atoms with Crippen molar-refractivity contribution in [2.75, 3.05) is 11.3 Å². The van der Waals surface area contributed by atoms with Gasteiger partial charge in [0.15, 0.2) is 5.16 Å². The lowest BCUT2D eigenvalue weighted by Crippen LogP contribution is -2.31. The summed E-state index contributed by atoms with van der Waals surface area (Å²) >= 11 is 1.42. The molecule has 3 rings (SSSR count). The summed E-state index contributed by atoms with van der Waals surface area (Å²) in [6.45, 7) is 0. The van der Waals surface area contributed by atoms with Crippen molar-refractivity contribution < 1.29 is 4.39 Å². The zero-order chi connectivity index (χ0) is 18.5. The van der Waals surface area contributed by atoms with Gasteiger partial charge in [-0.1, -0.05) is 30.0 Å². The molecule has 4 N–H and O–H groups in total. The van der Waals surface area contributed by atoms with Crippen LogP contribution in [0.5, 0.6) is 0 Å². The predicted octanol–water partition coefficient (Wildman–Crippen LogP) is 3.50. The number of hydrogen-bond acceptors (Lipinski definition) is 6. The first-order valence-corrected chi connectivity index (χ1v) is 9.05. The molecule has 0 aliphatic heterocycles. The summed E-state index contributed by atoms with van der Waals surface area (Å²) in [6.07, 6.45) is 3.53. The highest BCUT2D eigenvalue weighted by Gasteiger charge is 2.17. The summed E-state index contributed by atoms with van der Waals surface area (Å²) in [5, 5.41) is 2.08. The molecule has 0 amide bonds. The molecule has 1 aromatic heterocycles. The minimum Gasteiger partial charge on any atom is -0.395 e. The van der Waals surface area contributed by atoms with Crippen LogP contribution in [-0.4, -0.2) is 16.2 Å². The molecular formula is C19H18FN5S. The number of nitrogens with two attached hydrogens (primary N) is 2. The Balaban J connectivity index is 2.17. The largest absolute Gasteiger partial charge is 0.395 e. The Kier molecular flexibility index (Phi) is 5.50. The molecular weight excluding hydrogens is 349 g/mol. The van der Waals surface area contributed by atoms with Crippen molar-refractivity contribution in [2.24, 2.45) is 11.6 Å². The summed E-state index contributed by atoms with van der Waals surface area (Å²) in [4.78, 5) is 8.61. The van der Waals surface area contributed by atoms with Crippen molar-refractivity contribution in [3.63, 3.8) is 0 Å². The quantitative estimate of drug-likeness (QED) is 0.311. The van der Waals surface area contributed by atoms with Crippen molar-refractivity contribution in [2.45, 2.75) is 5.16 Å². The third-order valence-electron chi connectivity index (χ3n) is 3.74. The maximum Gasteiger partial charge on any atom is 0.187 e. The van der Waals surface area contributed by atoms with Crippen molar-refractivity contribution in [3.05, 3.63) is 83.9 Å². The van der Waals surface area contributed by atoms with Gasteiger partial charge in [0.1, 0.15) is 5.82 Å². The Bertz CT molecular complexity index is 913. The number of nitrogens with zero attached hydrogens (tertiary/aromatic N) is 3. The van der Waals surface area contributed by atoms with E-state index in [9.17, 15) is 4.39 Å². The molecule has 7 heteroatoms. The zero-order valence-corrected chi connectivity index (χ0v) is 14.9. The molecule has 0 radical (unpaired) electrons. The average Bonchev–Trinajstić information content (AvgIpc) is 2.70. The molecule has 0 saturated heterocycles. The van der Waals surface area contributed by atoms with Crippen LogP contribution in [0.1, 0.15) is 11.3 Å². The Hall–Kier alpha value is -2.90. The van der Waals surface area contributed by atoms with E-state index in [4.69, 9.17) is 11.6 Å². The van der Waals surface area contributed by atoms with Crippen LogP contribution in [-0.2, 0) is 0 Å². The minimum absolute atomic E-state index is 0.332. The van der Waals surface area contributed by atoms with E-state index in [0.717, 1.165) is 5.69 Å². The van der Waals surface area contributed by atoms with Crippen LogP contribution in [0.2, 0.25) is 0 Å². The fourth-order valence-electron chi connectivity index (χ4n) is 2.46. The smallest absolute Gasteiger partial charge is 0.187 e. The first kappa shape index (κ1) is 17.9. The Labute approximate surface area is 155 Å². The van der Waals surface area contributed by atoms with Crippen LogP contribution in [0.3, 0.4) is 0 Å². The second-order valence-electron chi connectivity index (χ2n) is 5.40. The van der Waals surface area contributed by atoms with Crippen molar-refractivity contribution in [1.29, 1.82) is 0 Å². The van der Waals surface area contributed by atoms with E-state index >= 15 is 0 Å². The molecule has 0 aliphatic rings. The van der Waals surface area contributed by atoms with E-state index in [1.807, 2.05) is 36.6 Å². The number of rotatable bonds is 5. The van der Waals surface area contributed by atoms with Gasteiger partial charge in [-0.05, 0) is 48.7 Å². The van der Waals surface area contributed by atoms with Crippen LogP contribution in [0, 0.1) is 5.82 Å². The number of thioether (sulfide) groups is 1. The third-order valence-corrected chi connectivity index (χ3v) is 4.30. The van der Waals surface area contributed by atoms with E-state index in [0.29, 0.717) is 27.8 Å². The molecule has 0 bridgehead atoms. The van der Waals surface area contributed by atoms with Gasteiger partial charge >= 0.3 is 0 Å². The fraction of sp³-hybridized carbons (Fsp3) is 0.0526. The lowest BCUT2D eigenvalue weighted by atomic mass is 10.1. The zero-order valence-electron chi connectivity index (χ0n) is 14.1. The summed E-state index contributed by atoms with van der Waals surface area (Å²) in [5.74, 6) is 6.04. The standard InChI is InChI=1S/C19H18FN5S/c1-26-19-23-12-11-16(24-19)17(21)18(13-7-9-14(20)10-8-13)25(22)15-5-3-2-4-6-15/h2-12H,21-22H2,1H3/b18-17-. The first-order valence-electron chi connectivity index (χ1n) is 7.83. The molecule has 0 fully saturated rings. The summed E-state index contributed by atoms with van der Waals surface area (Å²) in [5.41, 5.74) is 9.32. The molecule has 0 aliphatic carbocycles. The second-order valence-corrected chi connectivity index (χ2v) is 6.18. The van der Waals surface area contributed by atoms with Crippen LogP contribution in [0.15, 0.2) is 72.0 Å². The Morgan fingerprint density at radius 3 is 2.38 bits per heavy atom. The van der Waals surface area contributed by atoms with Crippen LogP contribution >= 0.6 is 11.8 Å². The van der Waals surface area contributed by atoms with E-state index in [1.165, 1.54) is 28.9 Å².